The van der Waals surface area contributed by atoms with Gasteiger partial charge in [-0.3, -0.25) is 19.6 Å². The zero-order valence-electron chi connectivity index (χ0n) is 19.0. The lowest BCUT2D eigenvalue weighted by Gasteiger charge is -2.41. The van der Waals surface area contributed by atoms with Crippen molar-refractivity contribution in [3.8, 4) is 11.1 Å². The summed E-state index contributed by atoms with van der Waals surface area (Å²) in [4.78, 5) is 36.4. The van der Waals surface area contributed by atoms with Crippen LogP contribution in [-0.2, 0) is 11.2 Å². The molecule has 4 rings (SSSR count). The van der Waals surface area contributed by atoms with Gasteiger partial charge in [0.15, 0.2) is 0 Å². The summed E-state index contributed by atoms with van der Waals surface area (Å²) in [6.07, 6.45) is 9.62. The average molecular weight is 443 g/mol. The van der Waals surface area contributed by atoms with E-state index in [1.54, 1.807) is 36.9 Å². The van der Waals surface area contributed by atoms with Gasteiger partial charge >= 0.3 is 0 Å². The Hall–Kier alpha value is -3.54. The molecule has 1 aromatic carbocycles. The van der Waals surface area contributed by atoms with Crippen LogP contribution in [-0.4, -0.2) is 46.3 Å². The molecular weight excluding hydrogens is 412 g/mol. The minimum absolute atomic E-state index is 0.0251. The Labute approximate surface area is 195 Å². The second kappa shape index (κ2) is 10.4. The lowest BCUT2D eigenvalue weighted by molar-refractivity contribution is -0.133. The van der Waals surface area contributed by atoms with Gasteiger partial charge in [0.1, 0.15) is 0 Å². The second-order valence-corrected chi connectivity index (χ2v) is 8.64. The maximum atomic E-state index is 13.4. The number of aromatic nitrogens is 2. The van der Waals surface area contributed by atoms with E-state index in [4.69, 9.17) is 0 Å². The van der Waals surface area contributed by atoms with Gasteiger partial charge in [0.2, 0.25) is 5.91 Å². The predicted octanol–water partition coefficient (Wildman–Crippen LogP) is 4.13. The molecule has 1 N–H and O–H groups in total. The van der Waals surface area contributed by atoms with E-state index in [2.05, 4.69) is 34.3 Å². The Morgan fingerprint density at radius 2 is 1.73 bits per heavy atom. The van der Waals surface area contributed by atoms with Crippen LogP contribution in [0.5, 0.6) is 0 Å². The van der Waals surface area contributed by atoms with Crippen molar-refractivity contribution < 1.29 is 9.59 Å². The number of nitrogens with zero attached hydrogens (tertiary/aromatic N) is 3. The lowest BCUT2D eigenvalue weighted by Crippen LogP contribution is -2.51. The molecule has 33 heavy (non-hydrogen) atoms. The third-order valence-corrected chi connectivity index (χ3v) is 6.47. The van der Waals surface area contributed by atoms with Crippen molar-refractivity contribution in [3.63, 3.8) is 0 Å². The maximum absolute atomic E-state index is 13.4. The van der Waals surface area contributed by atoms with Crippen LogP contribution in [0.2, 0.25) is 0 Å². The van der Waals surface area contributed by atoms with E-state index in [0.717, 1.165) is 23.1 Å². The van der Waals surface area contributed by atoms with Crippen LogP contribution in [0, 0.1) is 5.41 Å². The molecule has 6 heteroatoms. The van der Waals surface area contributed by atoms with Crippen LogP contribution in [0.3, 0.4) is 0 Å². The molecule has 3 aromatic rings. The Balaban J connectivity index is 1.59. The number of hydrogen-bond donors (Lipinski definition) is 1. The first-order chi connectivity index (χ1) is 16.1. The summed E-state index contributed by atoms with van der Waals surface area (Å²) >= 11 is 0. The first kappa shape index (κ1) is 22.6. The summed E-state index contributed by atoms with van der Waals surface area (Å²) in [5.41, 5.74) is 3.39. The summed E-state index contributed by atoms with van der Waals surface area (Å²) in [5, 5.41) is 3.14. The van der Waals surface area contributed by atoms with Gasteiger partial charge in [-0.25, -0.2) is 0 Å². The Kier molecular flexibility index (Phi) is 7.13. The highest BCUT2D eigenvalue weighted by molar-refractivity contribution is 5.94. The number of nitrogens with one attached hydrogen (secondary N) is 1. The van der Waals surface area contributed by atoms with Crippen molar-refractivity contribution in [1.29, 1.82) is 0 Å². The van der Waals surface area contributed by atoms with Gasteiger partial charge in [-0.05, 0) is 66.6 Å². The van der Waals surface area contributed by atoms with Crippen molar-refractivity contribution >= 4 is 11.8 Å². The van der Waals surface area contributed by atoms with Crippen LogP contribution in [0.15, 0.2) is 73.3 Å². The summed E-state index contributed by atoms with van der Waals surface area (Å²) in [7, 11) is 0. The predicted molar refractivity (Wildman–Crippen MR) is 128 cm³/mol. The van der Waals surface area contributed by atoms with E-state index in [1.165, 1.54) is 0 Å². The fourth-order valence-electron chi connectivity index (χ4n) is 4.57. The molecule has 0 atom stereocenters. The van der Waals surface area contributed by atoms with Crippen molar-refractivity contribution in [3.05, 3.63) is 84.4 Å². The van der Waals surface area contributed by atoms with Gasteiger partial charge in [0, 0.05) is 44.4 Å². The van der Waals surface area contributed by atoms with Crippen molar-refractivity contribution in [1.82, 2.24) is 20.2 Å². The number of carbonyl (C=O) groups is 2. The smallest absolute Gasteiger partial charge is 0.255 e. The molecule has 0 radical (unpaired) electrons. The van der Waals surface area contributed by atoms with Crippen molar-refractivity contribution in [2.45, 2.75) is 32.6 Å². The number of benzene rings is 1. The van der Waals surface area contributed by atoms with Crippen LogP contribution >= 0.6 is 0 Å². The SMILES string of the molecule is CCCNC(=O)C1(Cc2ccccc2-c2ccncc2)CCN(C(=O)c2cccnc2)CC1. The number of rotatable bonds is 7. The molecule has 0 aliphatic carbocycles. The molecule has 170 valence electrons. The number of pyridine rings is 2. The third-order valence-electron chi connectivity index (χ3n) is 6.47. The van der Waals surface area contributed by atoms with E-state index >= 15 is 0 Å². The fraction of sp³-hybridized carbons (Fsp3) is 0.333. The molecule has 0 spiro atoms. The van der Waals surface area contributed by atoms with Gasteiger partial charge in [-0.1, -0.05) is 31.2 Å². The molecular formula is C27H30N4O2. The first-order valence-corrected chi connectivity index (χ1v) is 11.6. The number of amides is 2. The monoisotopic (exact) mass is 442 g/mol. The van der Waals surface area contributed by atoms with Crippen LogP contribution in [0.25, 0.3) is 11.1 Å². The van der Waals surface area contributed by atoms with Crippen LogP contribution in [0.4, 0.5) is 0 Å². The Bertz CT molecular complexity index is 1080. The minimum Gasteiger partial charge on any atom is -0.356 e. The number of hydrogen-bond acceptors (Lipinski definition) is 4. The zero-order chi connectivity index (χ0) is 23.1. The zero-order valence-corrected chi connectivity index (χ0v) is 19.0. The molecule has 0 bridgehead atoms. The molecule has 0 unspecified atom stereocenters. The molecule has 1 fully saturated rings. The Morgan fingerprint density at radius 1 is 0.970 bits per heavy atom. The second-order valence-electron chi connectivity index (χ2n) is 8.64. The first-order valence-electron chi connectivity index (χ1n) is 11.6. The van der Waals surface area contributed by atoms with Crippen molar-refractivity contribution in [2.24, 2.45) is 5.41 Å². The highest BCUT2D eigenvalue weighted by Gasteiger charge is 2.42. The standard InChI is InChI=1S/C27H30N4O2/c1-2-13-30-26(33)27(11-17-31(18-12-27)25(32)23-7-5-14-29-20-23)19-22-6-3-4-8-24(22)21-9-15-28-16-10-21/h3-10,14-16,20H,2,11-13,17-19H2,1H3,(H,30,33). The van der Waals surface area contributed by atoms with Crippen LogP contribution in [0.1, 0.15) is 42.1 Å². The largest absolute Gasteiger partial charge is 0.356 e. The van der Waals surface area contributed by atoms with E-state index in [0.29, 0.717) is 44.5 Å². The highest BCUT2D eigenvalue weighted by Crippen LogP contribution is 2.38. The lowest BCUT2D eigenvalue weighted by atomic mass is 9.72. The number of piperidine rings is 1. The molecule has 2 aromatic heterocycles. The van der Waals surface area contributed by atoms with Gasteiger partial charge in [-0.15, -0.1) is 0 Å². The molecule has 0 saturated carbocycles. The summed E-state index contributed by atoms with van der Waals surface area (Å²) < 4.78 is 0. The van der Waals surface area contributed by atoms with Crippen molar-refractivity contribution in [2.75, 3.05) is 19.6 Å². The Morgan fingerprint density at radius 3 is 2.42 bits per heavy atom. The van der Waals surface area contributed by atoms with Gasteiger partial charge in [0.25, 0.3) is 5.91 Å². The van der Waals surface area contributed by atoms with Gasteiger partial charge in [-0.2, -0.15) is 0 Å². The van der Waals surface area contributed by atoms with E-state index in [1.807, 2.05) is 29.2 Å². The van der Waals surface area contributed by atoms with E-state index in [9.17, 15) is 9.59 Å². The van der Waals surface area contributed by atoms with E-state index in [-0.39, 0.29) is 11.8 Å². The van der Waals surface area contributed by atoms with Gasteiger partial charge < -0.3 is 10.2 Å². The molecule has 2 amide bonds. The molecule has 6 nitrogen and oxygen atoms in total. The summed E-state index contributed by atoms with van der Waals surface area (Å²) in [6.45, 7) is 3.81. The van der Waals surface area contributed by atoms with Gasteiger partial charge in [0.05, 0.1) is 11.0 Å². The summed E-state index contributed by atoms with van der Waals surface area (Å²) in [5.74, 6) is 0.0604. The molecule has 1 saturated heterocycles. The minimum atomic E-state index is -0.552. The fourth-order valence-corrected chi connectivity index (χ4v) is 4.57. The molecule has 3 heterocycles. The molecule has 1 aliphatic rings. The normalized spacial score (nSPS) is 15.1. The topological polar surface area (TPSA) is 75.2 Å². The quantitative estimate of drug-likeness (QED) is 0.597. The molecule has 1 aliphatic heterocycles. The maximum Gasteiger partial charge on any atom is 0.255 e. The highest BCUT2D eigenvalue weighted by atomic mass is 16.2. The summed E-state index contributed by atoms with van der Waals surface area (Å²) in [6, 6.07) is 15.8. The number of carbonyl (C=O) groups excluding carboxylic acids is 2. The van der Waals surface area contributed by atoms with E-state index < -0.39 is 5.41 Å². The number of likely N-dealkylation sites (tertiary alicyclic amines) is 1. The third kappa shape index (κ3) is 5.11. The van der Waals surface area contributed by atoms with Crippen LogP contribution < -0.4 is 5.32 Å². The average Bonchev–Trinajstić information content (AvgIpc) is 2.88.